The standard InChI is InChI=1S/C15H14BrCl/c1-9-5-4-6-13(17)15(9)14-10(2)7-12(16)8-11(14)3/h4-8H,1-3H3. The van der Waals surface area contributed by atoms with E-state index in [0.29, 0.717) is 0 Å². The summed E-state index contributed by atoms with van der Waals surface area (Å²) in [5, 5.41) is 0.818. The quantitative estimate of drug-likeness (QED) is 0.634. The van der Waals surface area contributed by atoms with Crippen LogP contribution < -0.4 is 0 Å². The molecule has 2 aromatic carbocycles. The summed E-state index contributed by atoms with van der Waals surface area (Å²) in [6, 6.07) is 10.3. The van der Waals surface area contributed by atoms with Crippen molar-refractivity contribution in [2.75, 3.05) is 0 Å². The topological polar surface area (TPSA) is 0 Å². The van der Waals surface area contributed by atoms with Crippen LogP contribution in [0, 0.1) is 20.8 Å². The van der Waals surface area contributed by atoms with Crippen LogP contribution in [0.1, 0.15) is 16.7 Å². The van der Waals surface area contributed by atoms with Crippen LogP contribution in [0.5, 0.6) is 0 Å². The van der Waals surface area contributed by atoms with Gasteiger partial charge in [0.1, 0.15) is 0 Å². The molecule has 0 atom stereocenters. The summed E-state index contributed by atoms with van der Waals surface area (Å²) in [4.78, 5) is 0. The highest BCUT2D eigenvalue weighted by Crippen LogP contribution is 2.36. The van der Waals surface area contributed by atoms with Gasteiger partial charge in [-0.15, -0.1) is 0 Å². The van der Waals surface area contributed by atoms with Gasteiger partial charge in [-0.25, -0.2) is 0 Å². The molecule has 0 aliphatic heterocycles. The maximum Gasteiger partial charge on any atom is 0.0487 e. The lowest BCUT2D eigenvalue weighted by Crippen LogP contribution is -1.92. The molecule has 0 amide bonds. The summed E-state index contributed by atoms with van der Waals surface area (Å²) < 4.78 is 1.11. The SMILES string of the molecule is Cc1cc(Br)cc(C)c1-c1c(C)cccc1Cl. The summed E-state index contributed by atoms with van der Waals surface area (Å²) in [5.74, 6) is 0. The molecular weight excluding hydrogens is 296 g/mol. The Morgan fingerprint density at radius 3 is 2.00 bits per heavy atom. The molecule has 0 nitrogen and oxygen atoms in total. The first-order valence-corrected chi connectivity index (χ1v) is 6.70. The number of hydrogen-bond donors (Lipinski definition) is 0. The van der Waals surface area contributed by atoms with Gasteiger partial charge in [0.2, 0.25) is 0 Å². The monoisotopic (exact) mass is 308 g/mol. The van der Waals surface area contributed by atoms with Gasteiger partial charge in [-0.2, -0.15) is 0 Å². The predicted molar refractivity (Wildman–Crippen MR) is 78.8 cm³/mol. The molecule has 0 fully saturated rings. The maximum absolute atomic E-state index is 6.34. The van der Waals surface area contributed by atoms with Gasteiger partial charge in [0.05, 0.1) is 0 Å². The number of hydrogen-bond acceptors (Lipinski definition) is 0. The van der Waals surface area contributed by atoms with Crippen molar-refractivity contribution in [2.45, 2.75) is 20.8 Å². The predicted octanol–water partition coefficient (Wildman–Crippen LogP) is 5.69. The molecule has 0 spiro atoms. The van der Waals surface area contributed by atoms with Crippen molar-refractivity contribution < 1.29 is 0 Å². The van der Waals surface area contributed by atoms with Gasteiger partial charge in [-0.3, -0.25) is 0 Å². The molecule has 0 radical (unpaired) electrons. The van der Waals surface area contributed by atoms with Crippen molar-refractivity contribution in [1.29, 1.82) is 0 Å². The molecule has 17 heavy (non-hydrogen) atoms. The molecule has 0 saturated carbocycles. The summed E-state index contributed by atoms with van der Waals surface area (Å²) in [7, 11) is 0. The first-order valence-electron chi connectivity index (χ1n) is 5.53. The average molecular weight is 310 g/mol. The van der Waals surface area contributed by atoms with E-state index in [9.17, 15) is 0 Å². The average Bonchev–Trinajstić information content (AvgIpc) is 2.21. The molecule has 2 heteroatoms. The third-order valence-electron chi connectivity index (χ3n) is 2.97. The van der Waals surface area contributed by atoms with E-state index in [2.05, 4.69) is 54.9 Å². The molecule has 0 aliphatic carbocycles. The van der Waals surface area contributed by atoms with Gasteiger partial charge >= 0.3 is 0 Å². The molecule has 88 valence electrons. The Balaban J connectivity index is 2.77. The minimum atomic E-state index is 0.818. The summed E-state index contributed by atoms with van der Waals surface area (Å²) in [6.07, 6.45) is 0. The van der Waals surface area contributed by atoms with E-state index in [0.717, 1.165) is 15.1 Å². The van der Waals surface area contributed by atoms with Gasteiger partial charge in [0.15, 0.2) is 0 Å². The van der Waals surface area contributed by atoms with E-state index in [1.807, 2.05) is 12.1 Å². The molecule has 0 heterocycles. The molecule has 0 unspecified atom stereocenters. The van der Waals surface area contributed by atoms with Crippen LogP contribution in [-0.2, 0) is 0 Å². The zero-order chi connectivity index (χ0) is 12.6. The highest BCUT2D eigenvalue weighted by molar-refractivity contribution is 9.10. The van der Waals surface area contributed by atoms with E-state index in [1.165, 1.54) is 22.3 Å². The van der Waals surface area contributed by atoms with Gasteiger partial charge in [-0.1, -0.05) is 39.7 Å². The fourth-order valence-electron chi connectivity index (χ4n) is 2.25. The fraction of sp³-hybridized carbons (Fsp3) is 0.200. The molecule has 0 aromatic heterocycles. The number of rotatable bonds is 1. The van der Waals surface area contributed by atoms with Crippen molar-refractivity contribution >= 4 is 27.5 Å². The first kappa shape index (κ1) is 12.7. The van der Waals surface area contributed by atoms with E-state index < -0.39 is 0 Å². The van der Waals surface area contributed by atoms with Crippen LogP contribution in [0.3, 0.4) is 0 Å². The maximum atomic E-state index is 6.34. The summed E-state index contributed by atoms with van der Waals surface area (Å²) in [6.45, 7) is 6.34. The number of benzene rings is 2. The lowest BCUT2D eigenvalue weighted by molar-refractivity contribution is 1.34. The largest absolute Gasteiger partial charge is 0.0837 e. The Labute approximate surface area is 116 Å². The zero-order valence-corrected chi connectivity index (χ0v) is 12.5. The second-order valence-electron chi connectivity index (χ2n) is 4.35. The fourth-order valence-corrected chi connectivity index (χ4v) is 3.26. The Bertz CT molecular complexity index is 530. The van der Waals surface area contributed by atoms with Crippen molar-refractivity contribution in [3.05, 3.63) is 56.5 Å². The lowest BCUT2D eigenvalue weighted by Gasteiger charge is -2.15. The second-order valence-corrected chi connectivity index (χ2v) is 5.67. The smallest absolute Gasteiger partial charge is 0.0487 e. The van der Waals surface area contributed by atoms with Crippen LogP contribution in [0.2, 0.25) is 5.02 Å². The Morgan fingerprint density at radius 2 is 1.47 bits per heavy atom. The first-order chi connectivity index (χ1) is 8.00. The molecule has 0 N–H and O–H groups in total. The van der Waals surface area contributed by atoms with Crippen LogP contribution in [0.25, 0.3) is 11.1 Å². The van der Waals surface area contributed by atoms with Gasteiger partial charge in [-0.05, 0) is 61.2 Å². The van der Waals surface area contributed by atoms with Crippen LogP contribution >= 0.6 is 27.5 Å². The van der Waals surface area contributed by atoms with E-state index in [4.69, 9.17) is 11.6 Å². The molecule has 2 rings (SSSR count). The molecule has 0 saturated heterocycles. The van der Waals surface area contributed by atoms with E-state index >= 15 is 0 Å². The lowest BCUT2D eigenvalue weighted by atomic mass is 9.93. The Hall–Kier alpha value is -0.790. The van der Waals surface area contributed by atoms with Crippen LogP contribution in [0.4, 0.5) is 0 Å². The molecule has 0 aliphatic rings. The number of halogens is 2. The zero-order valence-electron chi connectivity index (χ0n) is 10.1. The van der Waals surface area contributed by atoms with Crippen molar-refractivity contribution in [2.24, 2.45) is 0 Å². The van der Waals surface area contributed by atoms with E-state index in [-0.39, 0.29) is 0 Å². The second kappa shape index (κ2) is 4.83. The van der Waals surface area contributed by atoms with Gasteiger partial charge in [0.25, 0.3) is 0 Å². The molecule has 0 bridgehead atoms. The van der Waals surface area contributed by atoms with Crippen molar-refractivity contribution in [1.82, 2.24) is 0 Å². The van der Waals surface area contributed by atoms with Crippen LogP contribution in [-0.4, -0.2) is 0 Å². The van der Waals surface area contributed by atoms with Gasteiger partial charge in [0, 0.05) is 15.1 Å². The normalized spacial score (nSPS) is 10.6. The Kier molecular flexibility index (Phi) is 3.60. The number of aryl methyl sites for hydroxylation is 3. The third kappa shape index (κ3) is 2.41. The summed E-state index contributed by atoms with van der Waals surface area (Å²) in [5.41, 5.74) is 6.10. The molecule has 2 aromatic rings. The summed E-state index contributed by atoms with van der Waals surface area (Å²) >= 11 is 9.86. The van der Waals surface area contributed by atoms with Gasteiger partial charge < -0.3 is 0 Å². The van der Waals surface area contributed by atoms with Crippen molar-refractivity contribution in [3.8, 4) is 11.1 Å². The highest BCUT2D eigenvalue weighted by atomic mass is 79.9. The Morgan fingerprint density at radius 1 is 0.882 bits per heavy atom. The van der Waals surface area contributed by atoms with Crippen LogP contribution in [0.15, 0.2) is 34.8 Å². The van der Waals surface area contributed by atoms with Crippen molar-refractivity contribution in [3.63, 3.8) is 0 Å². The van der Waals surface area contributed by atoms with E-state index in [1.54, 1.807) is 0 Å². The molecular formula is C15H14BrCl. The highest BCUT2D eigenvalue weighted by Gasteiger charge is 2.12. The minimum Gasteiger partial charge on any atom is -0.0837 e. The minimum absolute atomic E-state index is 0.818. The third-order valence-corrected chi connectivity index (χ3v) is 3.74.